The van der Waals surface area contributed by atoms with Crippen LogP contribution in [0.15, 0.2) is 60.3 Å². The molecule has 0 saturated carbocycles. The van der Waals surface area contributed by atoms with Crippen molar-refractivity contribution in [2.24, 2.45) is 0 Å². The Kier molecular flexibility index (Phi) is 10.3. The summed E-state index contributed by atoms with van der Waals surface area (Å²) >= 11 is 1.27. The van der Waals surface area contributed by atoms with Gasteiger partial charge in [0.25, 0.3) is 0 Å². The standard InChI is InChI=1S/C28H34N4O4S/c1-6-13-32-25(17-36-24-15-20(5)11-12-23(24)19(3)4)30-31-28(32)37-18-26(33)29-22-10-8-9-21(16-22)27(34)35-14-7-2/h6,8-12,15-16,19H,1,7,13-14,17-18H2,2-5H3,(H,29,33). The molecule has 3 aromatic rings. The first-order valence-corrected chi connectivity index (χ1v) is 13.3. The fourth-order valence-corrected chi connectivity index (χ4v) is 4.33. The van der Waals surface area contributed by atoms with Crippen LogP contribution in [-0.4, -0.2) is 39.0 Å². The second-order valence-corrected chi connectivity index (χ2v) is 9.78. The van der Waals surface area contributed by atoms with E-state index in [4.69, 9.17) is 9.47 Å². The van der Waals surface area contributed by atoms with E-state index < -0.39 is 5.97 Å². The number of ether oxygens (including phenoxy) is 2. The van der Waals surface area contributed by atoms with Crippen LogP contribution >= 0.6 is 11.8 Å². The lowest BCUT2D eigenvalue weighted by Gasteiger charge is -2.15. The number of anilines is 1. The Balaban J connectivity index is 1.63. The van der Waals surface area contributed by atoms with Crippen molar-refractivity contribution >= 4 is 29.3 Å². The van der Waals surface area contributed by atoms with Crippen molar-refractivity contribution in [1.82, 2.24) is 14.8 Å². The Hall–Kier alpha value is -3.59. The van der Waals surface area contributed by atoms with E-state index in [1.54, 1.807) is 30.3 Å². The summed E-state index contributed by atoms with van der Waals surface area (Å²) in [6.07, 6.45) is 2.50. The van der Waals surface area contributed by atoms with Crippen molar-refractivity contribution in [2.75, 3.05) is 17.7 Å². The number of aromatic nitrogens is 3. The molecule has 0 spiro atoms. The fraction of sp³-hybridized carbons (Fsp3) is 0.357. The number of hydrogen-bond acceptors (Lipinski definition) is 7. The molecule has 3 rings (SSSR count). The zero-order chi connectivity index (χ0) is 26.8. The summed E-state index contributed by atoms with van der Waals surface area (Å²) in [5.41, 5.74) is 3.17. The number of benzene rings is 2. The first-order chi connectivity index (χ1) is 17.8. The molecule has 0 aliphatic carbocycles. The maximum absolute atomic E-state index is 12.6. The largest absolute Gasteiger partial charge is 0.485 e. The van der Waals surface area contributed by atoms with Crippen molar-refractivity contribution in [3.8, 4) is 5.75 Å². The number of aryl methyl sites for hydroxylation is 1. The lowest BCUT2D eigenvalue weighted by atomic mass is 10.0. The second-order valence-electron chi connectivity index (χ2n) is 8.84. The average molecular weight is 523 g/mol. The van der Waals surface area contributed by atoms with E-state index in [1.807, 2.05) is 24.5 Å². The summed E-state index contributed by atoms with van der Waals surface area (Å²) < 4.78 is 13.2. The van der Waals surface area contributed by atoms with E-state index in [2.05, 4.69) is 48.1 Å². The molecule has 0 radical (unpaired) electrons. The van der Waals surface area contributed by atoms with Crippen LogP contribution in [0.5, 0.6) is 5.75 Å². The molecular weight excluding hydrogens is 488 g/mol. The second kappa shape index (κ2) is 13.6. The number of amides is 1. The SMILES string of the molecule is C=CCn1c(COc2cc(C)ccc2C(C)C)nnc1SCC(=O)Nc1cccc(C(=O)OCCC)c1. The van der Waals surface area contributed by atoms with E-state index in [0.717, 1.165) is 23.3 Å². The van der Waals surface area contributed by atoms with Gasteiger partial charge in [0.15, 0.2) is 11.0 Å². The number of hydrogen-bond donors (Lipinski definition) is 1. The minimum atomic E-state index is -0.411. The number of allylic oxidation sites excluding steroid dienone is 1. The van der Waals surface area contributed by atoms with Crippen LogP contribution in [0.2, 0.25) is 0 Å². The van der Waals surface area contributed by atoms with Crippen molar-refractivity contribution in [3.63, 3.8) is 0 Å². The third kappa shape index (κ3) is 7.95. The minimum absolute atomic E-state index is 0.121. The van der Waals surface area contributed by atoms with Gasteiger partial charge in [0.05, 0.1) is 17.9 Å². The van der Waals surface area contributed by atoms with Crippen molar-refractivity contribution in [2.45, 2.75) is 58.3 Å². The number of rotatable bonds is 13. The van der Waals surface area contributed by atoms with Crippen molar-refractivity contribution < 1.29 is 19.1 Å². The van der Waals surface area contributed by atoms with Crippen LogP contribution in [0, 0.1) is 6.92 Å². The predicted octanol–water partition coefficient (Wildman–Crippen LogP) is 5.77. The van der Waals surface area contributed by atoms with E-state index in [9.17, 15) is 9.59 Å². The number of nitrogens with one attached hydrogen (secondary N) is 1. The van der Waals surface area contributed by atoms with Gasteiger partial charge >= 0.3 is 5.97 Å². The highest BCUT2D eigenvalue weighted by Gasteiger charge is 2.16. The third-order valence-corrected chi connectivity index (χ3v) is 6.37. The first kappa shape index (κ1) is 28.0. The molecule has 1 amide bonds. The summed E-state index contributed by atoms with van der Waals surface area (Å²) in [7, 11) is 0. The Morgan fingerprint density at radius 1 is 1.19 bits per heavy atom. The molecule has 0 atom stereocenters. The van der Waals surface area contributed by atoms with Crippen molar-refractivity contribution in [3.05, 3.63) is 77.6 Å². The Morgan fingerprint density at radius 3 is 2.73 bits per heavy atom. The molecule has 196 valence electrons. The van der Waals surface area contributed by atoms with Gasteiger partial charge in [-0.1, -0.05) is 56.8 Å². The molecule has 1 heterocycles. The lowest BCUT2D eigenvalue weighted by Crippen LogP contribution is -2.15. The molecule has 2 aromatic carbocycles. The van der Waals surface area contributed by atoms with Gasteiger partial charge in [0, 0.05) is 12.2 Å². The Labute approximate surface area is 222 Å². The smallest absolute Gasteiger partial charge is 0.338 e. The van der Waals surface area contributed by atoms with Crippen LogP contribution in [0.25, 0.3) is 0 Å². The monoisotopic (exact) mass is 522 g/mol. The van der Waals surface area contributed by atoms with Gasteiger partial charge < -0.3 is 14.8 Å². The van der Waals surface area contributed by atoms with Gasteiger partial charge in [0.1, 0.15) is 12.4 Å². The van der Waals surface area contributed by atoms with E-state index in [0.29, 0.717) is 41.3 Å². The predicted molar refractivity (Wildman–Crippen MR) is 146 cm³/mol. The molecule has 0 bridgehead atoms. The van der Waals surface area contributed by atoms with Gasteiger partial charge in [-0.3, -0.25) is 9.36 Å². The molecule has 8 nitrogen and oxygen atoms in total. The third-order valence-electron chi connectivity index (χ3n) is 5.40. The molecule has 1 aromatic heterocycles. The normalized spacial score (nSPS) is 10.8. The number of esters is 1. The zero-order valence-electron chi connectivity index (χ0n) is 21.8. The van der Waals surface area contributed by atoms with Gasteiger partial charge in [-0.05, 0) is 54.7 Å². The summed E-state index contributed by atoms with van der Waals surface area (Å²) in [6, 6.07) is 12.9. The van der Waals surface area contributed by atoms with Crippen molar-refractivity contribution in [1.29, 1.82) is 0 Å². The summed E-state index contributed by atoms with van der Waals surface area (Å²) in [5.74, 6) is 1.29. The topological polar surface area (TPSA) is 95.3 Å². The summed E-state index contributed by atoms with van der Waals surface area (Å²) in [6.45, 7) is 13.2. The highest BCUT2D eigenvalue weighted by atomic mass is 32.2. The molecular formula is C28H34N4O4S. The average Bonchev–Trinajstić information content (AvgIpc) is 3.26. The van der Waals surface area contributed by atoms with Gasteiger partial charge in [-0.25, -0.2) is 4.79 Å². The van der Waals surface area contributed by atoms with Crippen LogP contribution < -0.4 is 10.1 Å². The van der Waals surface area contributed by atoms with Gasteiger partial charge in [0.2, 0.25) is 5.91 Å². The maximum atomic E-state index is 12.6. The van der Waals surface area contributed by atoms with Gasteiger partial charge in [-0.2, -0.15) is 0 Å². The number of thioether (sulfide) groups is 1. The molecule has 9 heteroatoms. The number of nitrogens with zero attached hydrogens (tertiary/aromatic N) is 3. The maximum Gasteiger partial charge on any atom is 0.338 e. The first-order valence-electron chi connectivity index (χ1n) is 12.3. The summed E-state index contributed by atoms with van der Waals surface area (Å²) in [5, 5.41) is 12.0. The van der Waals surface area contributed by atoms with E-state index >= 15 is 0 Å². The molecule has 0 saturated heterocycles. The minimum Gasteiger partial charge on any atom is -0.485 e. The van der Waals surface area contributed by atoms with E-state index in [-0.39, 0.29) is 18.3 Å². The summed E-state index contributed by atoms with van der Waals surface area (Å²) in [4.78, 5) is 24.7. The molecule has 0 unspecified atom stereocenters. The Morgan fingerprint density at radius 2 is 2.00 bits per heavy atom. The molecule has 0 fully saturated rings. The van der Waals surface area contributed by atoms with Crippen LogP contribution in [0.4, 0.5) is 5.69 Å². The van der Waals surface area contributed by atoms with E-state index in [1.165, 1.54) is 11.8 Å². The Bertz CT molecular complexity index is 1240. The molecule has 1 N–H and O–H groups in total. The zero-order valence-corrected chi connectivity index (χ0v) is 22.6. The van der Waals surface area contributed by atoms with Crippen LogP contribution in [0.1, 0.15) is 60.4 Å². The molecule has 0 aliphatic heterocycles. The lowest BCUT2D eigenvalue weighted by molar-refractivity contribution is -0.113. The van der Waals surface area contributed by atoms with Crippen LogP contribution in [0.3, 0.4) is 0 Å². The quantitative estimate of drug-likeness (QED) is 0.173. The molecule has 37 heavy (non-hydrogen) atoms. The number of carbonyl (C=O) groups excluding carboxylic acids is 2. The number of carbonyl (C=O) groups is 2. The molecule has 0 aliphatic rings. The highest BCUT2D eigenvalue weighted by Crippen LogP contribution is 2.28. The highest BCUT2D eigenvalue weighted by molar-refractivity contribution is 7.99. The van der Waals surface area contributed by atoms with Gasteiger partial charge in [-0.15, -0.1) is 16.8 Å². The van der Waals surface area contributed by atoms with Crippen LogP contribution in [-0.2, 0) is 22.7 Å². The fourth-order valence-electron chi connectivity index (χ4n) is 3.56.